The molecule has 2 aromatic carbocycles. The summed E-state index contributed by atoms with van der Waals surface area (Å²) in [6.45, 7) is 3.30. The lowest BCUT2D eigenvalue weighted by molar-refractivity contribution is 0.376. The first-order chi connectivity index (χ1) is 9.82. The second-order valence-corrected chi connectivity index (χ2v) is 4.17. The summed E-state index contributed by atoms with van der Waals surface area (Å²) in [5.41, 5.74) is 4.57. The SMILES string of the molecule is C=C(Nc1cccc(N)c1)c1c(F)c(F)c(F)c(F)c1F. The Labute approximate surface area is 116 Å². The molecule has 0 atom stereocenters. The van der Waals surface area contributed by atoms with Crippen LogP contribution in [0, 0.1) is 29.1 Å². The Bertz CT molecular complexity index is 699. The fourth-order valence-corrected chi connectivity index (χ4v) is 1.72. The summed E-state index contributed by atoms with van der Waals surface area (Å²) in [4.78, 5) is 0. The van der Waals surface area contributed by atoms with Crippen molar-refractivity contribution in [2.24, 2.45) is 0 Å². The van der Waals surface area contributed by atoms with E-state index < -0.39 is 40.3 Å². The van der Waals surface area contributed by atoms with E-state index in [1.54, 1.807) is 12.1 Å². The van der Waals surface area contributed by atoms with Crippen LogP contribution in [-0.4, -0.2) is 0 Å². The highest BCUT2D eigenvalue weighted by molar-refractivity contribution is 5.77. The van der Waals surface area contributed by atoms with E-state index in [9.17, 15) is 22.0 Å². The molecule has 0 aromatic heterocycles. The van der Waals surface area contributed by atoms with Gasteiger partial charge in [0.25, 0.3) is 0 Å². The van der Waals surface area contributed by atoms with Gasteiger partial charge in [-0.1, -0.05) is 12.6 Å². The van der Waals surface area contributed by atoms with Gasteiger partial charge < -0.3 is 11.1 Å². The van der Waals surface area contributed by atoms with Gasteiger partial charge in [0, 0.05) is 17.1 Å². The van der Waals surface area contributed by atoms with Crippen molar-refractivity contribution in [2.45, 2.75) is 0 Å². The molecule has 110 valence electrons. The van der Waals surface area contributed by atoms with E-state index in [-0.39, 0.29) is 0 Å². The van der Waals surface area contributed by atoms with Crippen LogP contribution in [0.3, 0.4) is 0 Å². The van der Waals surface area contributed by atoms with E-state index in [2.05, 4.69) is 11.9 Å². The first-order valence-corrected chi connectivity index (χ1v) is 5.66. The molecule has 0 aliphatic rings. The predicted molar refractivity (Wildman–Crippen MR) is 69.7 cm³/mol. The number of nitrogens with one attached hydrogen (secondary N) is 1. The van der Waals surface area contributed by atoms with Gasteiger partial charge in [0.15, 0.2) is 23.3 Å². The number of anilines is 2. The van der Waals surface area contributed by atoms with Crippen LogP contribution in [0.15, 0.2) is 30.8 Å². The van der Waals surface area contributed by atoms with Crippen LogP contribution in [-0.2, 0) is 0 Å². The average molecular weight is 300 g/mol. The molecule has 0 unspecified atom stereocenters. The molecule has 3 N–H and O–H groups in total. The number of hydrogen-bond acceptors (Lipinski definition) is 2. The van der Waals surface area contributed by atoms with Crippen LogP contribution in [0.5, 0.6) is 0 Å². The second kappa shape index (κ2) is 5.43. The predicted octanol–water partition coefficient (Wildman–Crippen LogP) is 4.05. The van der Waals surface area contributed by atoms with Gasteiger partial charge in [-0.05, 0) is 18.2 Å². The first kappa shape index (κ1) is 14.8. The molecule has 0 aliphatic heterocycles. The van der Waals surface area contributed by atoms with Crippen molar-refractivity contribution in [3.8, 4) is 0 Å². The van der Waals surface area contributed by atoms with Gasteiger partial charge in [0.05, 0.1) is 5.56 Å². The summed E-state index contributed by atoms with van der Waals surface area (Å²) in [6.07, 6.45) is 0. The van der Waals surface area contributed by atoms with Crippen molar-refractivity contribution in [3.05, 3.63) is 65.5 Å². The lowest BCUT2D eigenvalue weighted by Gasteiger charge is -2.13. The summed E-state index contributed by atoms with van der Waals surface area (Å²) in [5, 5.41) is 2.44. The molecular formula is C14H9F5N2. The summed E-state index contributed by atoms with van der Waals surface area (Å²) in [6, 6.07) is 6.01. The Hall–Kier alpha value is -2.57. The maximum absolute atomic E-state index is 13.6. The van der Waals surface area contributed by atoms with E-state index in [1.165, 1.54) is 12.1 Å². The van der Waals surface area contributed by atoms with Gasteiger partial charge in [-0.15, -0.1) is 0 Å². The molecule has 0 saturated carbocycles. The van der Waals surface area contributed by atoms with Crippen LogP contribution >= 0.6 is 0 Å². The molecule has 2 rings (SSSR count). The minimum absolute atomic E-state index is 0.295. The number of benzene rings is 2. The number of halogens is 5. The van der Waals surface area contributed by atoms with E-state index in [4.69, 9.17) is 5.73 Å². The van der Waals surface area contributed by atoms with Gasteiger partial charge in [-0.25, -0.2) is 22.0 Å². The number of hydrogen-bond donors (Lipinski definition) is 2. The quantitative estimate of drug-likeness (QED) is 0.388. The zero-order valence-electron chi connectivity index (χ0n) is 10.5. The van der Waals surface area contributed by atoms with Crippen LogP contribution < -0.4 is 11.1 Å². The van der Waals surface area contributed by atoms with Crippen LogP contribution in [0.2, 0.25) is 0 Å². The summed E-state index contributed by atoms with van der Waals surface area (Å²) in [7, 11) is 0. The number of nitrogen functional groups attached to an aromatic ring is 1. The molecular weight excluding hydrogens is 291 g/mol. The molecule has 0 heterocycles. The molecule has 0 spiro atoms. The first-order valence-electron chi connectivity index (χ1n) is 5.66. The van der Waals surface area contributed by atoms with E-state index >= 15 is 0 Å². The highest BCUT2D eigenvalue weighted by Crippen LogP contribution is 2.28. The summed E-state index contributed by atoms with van der Waals surface area (Å²) >= 11 is 0. The van der Waals surface area contributed by atoms with Crippen LogP contribution in [0.1, 0.15) is 5.56 Å². The monoisotopic (exact) mass is 300 g/mol. The van der Waals surface area contributed by atoms with Crippen molar-refractivity contribution >= 4 is 17.1 Å². The third-order valence-corrected chi connectivity index (χ3v) is 2.69. The molecule has 0 saturated heterocycles. The van der Waals surface area contributed by atoms with Gasteiger partial charge in [-0.2, -0.15) is 0 Å². The molecule has 2 aromatic rings. The van der Waals surface area contributed by atoms with Gasteiger partial charge >= 0.3 is 0 Å². The zero-order chi connectivity index (χ0) is 15.7. The van der Waals surface area contributed by atoms with E-state index in [0.717, 1.165) is 0 Å². The smallest absolute Gasteiger partial charge is 0.200 e. The molecule has 0 fully saturated rings. The zero-order valence-corrected chi connectivity index (χ0v) is 10.5. The minimum atomic E-state index is -2.22. The molecule has 2 nitrogen and oxygen atoms in total. The van der Waals surface area contributed by atoms with Crippen LogP contribution in [0.4, 0.5) is 33.3 Å². The Morgan fingerprint density at radius 3 is 1.95 bits per heavy atom. The molecule has 0 amide bonds. The largest absolute Gasteiger partial charge is 0.399 e. The summed E-state index contributed by atoms with van der Waals surface area (Å²) < 4.78 is 66.4. The maximum Gasteiger partial charge on any atom is 0.200 e. The molecule has 7 heteroatoms. The van der Waals surface area contributed by atoms with Crippen LogP contribution in [0.25, 0.3) is 5.70 Å². The third kappa shape index (κ3) is 2.67. The topological polar surface area (TPSA) is 38.0 Å². The Morgan fingerprint density at radius 2 is 1.43 bits per heavy atom. The fraction of sp³-hybridized carbons (Fsp3) is 0. The highest BCUT2D eigenvalue weighted by Gasteiger charge is 2.27. The van der Waals surface area contributed by atoms with Gasteiger partial charge in [-0.3, -0.25) is 0 Å². The number of rotatable bonds is 3. The second-order valence-electron chi connectivity index (χ2n) is 4.17. The Kier molecular flexibility index (Phi) is 3.84. The number of nitrogens with two attached hydrogens (primary N) is 1. The highest BCUT2D eigenvalue weighted by atomic mass is 19.2. The molecule has 0 radical (unpaired) electrons. The van der Waals surface area contributed by atoms with Crippen molar-refractivity contribution in [1.82, 2.24) is 0 Å². The lowest BCUT2D eigenvalue weighted by atomic mass is 10.1. The van der Waals surface area contributed by atoms with Crippen molar-refractivity contribution < 1.29 is 22.0 Å². The standard InChI is InChI=1S/C14H9F5N2/c1-6(21-8-4-2-3-7(20)5-8)9-10(15)12(17)14(19)13(18)11(9)16/h2-5,21H,1,20H2. The average Bonchev–Trinajstić information content (AvgIpc) is 2.43. The van der Waals surface area contributed by atoms with E-state index in [0.29, 0.717) is 11.4 Å². The van der Waals surface area contributed by atoms with E-state index in [1.807, 2.05) is 0 Å². The maximum atomic E-state index is 13.6. The molecule has 21 heavy (non-hydrogen) atoms. The minimum Gasteiger partial charge on any atom is -0.399 e. The van der Waals surface area contributed by atoms with Gasteiger partial charge in [0.1, 0.15) is 0 Å². The van der Waals surface area contributed by atoms with Crippen molar-refractivity contribution in [1.29, 1.82) is 0 Å². The normalized spacial score (nSPS) is 10.5. The molecule has 0 bridgehead atoms. The Balaban J connectivity index is 2.45. The lowest BCUT2D eigenvalue weighted by Crippen LogP contribution is -2.10. The van der Waals surface area contributed by atoms with Gasteiger partial charge in [0.2, 0.25) is 5.82 Å². The Morgan fingerprint density at radius 1 is 0.905 bits per heavy atom. The summed E-state index contributed by atoms with van der Waals surface area (Å²) in [5.74, 6) is -10.2. The fourth-order valence-electron chi connectivity index (χ4n) is 1.72. The van der Waals surface area contributed by atoms with Crippen molar-refractivity contribution in [2.75, 3.05) is 11.1 Å². The molecule has 0 aliphatic carbocycles. The van der Waals surface area contributed by atoms with Crippen molar-refractivity contribution in [3.63, 3.8) is 0 Å². The third-order valence-electron chi connectivity index (χ3n) is 2.69.